The first-order valence-corrected chi connectivity index (χ1v) is 8.94. The van der Waals surface area contributed by atoms with Crippen LogP contribution in [0.15, 0.2) is 4.99 Å². The lowest BCUT2D eigenvalue weighted by atomic mass is 10.1. The summed E-state index contributed by atoms with van der Waals surface area (Å²) in [7, 11) is 0. The van der Waals surface area contributed by atoms with Crippen molar-refractivity contribution in [3.05, 3.63) is 0 Å². The van der Waals surface area contributed by atoms with Crippen molar-refractivity contribution in [1.29, 1.82) is 0 Å². The van der Waals surface area contributed by atoms with E-state index < -0.39 is 0 Å². The molecule has 5 heteroatoms. The molecule has 1 saturated carbocycles. The van der Waals surface area contributed by atoms with Crippen molar-refractivity contribution in [2.75, 3.05) is 13.2 Å². The van der Waals surface area contributed by atoms with Crippen LogP contribution in [0.3, 0.4) is 0 Å². The van der Waals surface area contributed by atoms with Gasteiger partial charge in [0, 0.05) is 19.0 Å². The topological polar surface area (TPSA) is 76.7 Å². The second kappa shape index (κ2) is 12.3. The standard InChI is InChI=1S/C17H33N3O2/c1-2-22-16(21)13-9-5-6-10-14-19-17(18)20-15-11-7-3-4-8-12-15/h15H,2-14H2,1H3,(H3,18,19,20). The summed E-state index contributed by atoms with van der Waals surface area (Å²) in [5.41, 5.74) is 5.95. The number of nitrogens with zero attached hydrogens (tertiary/aromatic N) is 1. The van der Waals surface area contributed by atoms with Gasteiger partial charge in [-0.1, -0.05) is 38.5 Å². The van der Waals surface area contributed by atoms with Crippen LogP contribution in [-0.4, -0.2) is 31.1 Å². The lowest BCUT2D eigenvalue weighted by molar-refractivity contribution is -0.143. The van der Waals surface area contributed by atoms with Crippen LogP contribution in [0.2, 0.25) is 0 Å². The molecular weight excluding hydrogens is 278 g/mol. The van der Waals surface area contributed by atoms with E-state index >= 15 is 0 Å². The Balaban J connectivity index is 2.00. The quantitative estimate of drug-likeness (QED) is 0.225. The van der Waals surface area contributed by atoms with E-state index in [4.69, 9.17) is 10.5 Å². The molecule has 0 atom stereocenters. The van der Waals surface area contributed by atoms with Gasteiger partial charge in [-0.2, -0.15) is 0 Å². The zero-order valence-electron chi connectivity index (χ0n) is 14.1. The van der Waals surface area contributed by atoms with E-state index in [0.717, 1.165) is 32.2 Å². The average molecular weight is 311 g/mol. The summed E-state index contributed by atoms with van der Waals surface area (Å²) in [6.45, 7) is 3.08. The molecule has 1 rings (SSSR count). The van der Waals surface area contributed by atoms with Gasteiger partial charge in [-0.15, -0.1) is 0 Å². The normalized spacial score (nSPS) is 17.0. The highest BCUT2D eigenvalue weighted by Gasteiger charge is 2.11. The zero-order valence-corrected chi connectivity index (χ0v) is 14.1. The smallest absolute Gasteiger partial charge is 0.305 e. The molecule has 5 nitrogen and oxygen atoms in total. The second-order valence-electron chi connectivity index (χ2n) is 6.07. The lowest BCUT2D eigenvalue weighted by Crippen LogP contribution is -2.39. The largest absolute Gasteiger partial charge is 0.466 e. The Labute approximate surface area is 135 Å². The average Bonchev–Trinajstić information content (AvgIpc) is 2.75. The highest BCUT2D eigenvalue weighted by Crippen LogP contribution is 2.16. The van der Waals surface area contributed by atoms with Gasteiger partial charge in [-0.05, 0) is 32.6 Å². The fourth-order valence-corrected chi connectivity index (χ4v) is 2.85. The van der Waals surface area contributed by atoms with Crippen LogP contribution in [0, 0.1) is 0 Å². The van der Waals surface area contributed by atoms with Gasteiger partial charge in [-0.25, -0.2) is 0 Å². The number of ether oxygens (including phenoxy) is 1. The molecule has 3 N–H and O–H groups in total. The fourth-order valence-electron chi connectivity index (χ4n) is 2.85. The highest BCUT2D eigenvalue weighted by molar-refractivity contribution is 5.78. The van der Waals surface area contributed by atoms with Crippen molar-refractivity contribution in [3.63, 3.8) is 0 Å². The van der Waals surface area contributed by atoms with Crippen molar-refractivity contribution in [2.45, 2.75) is 83.6 Å². The number of rotatable bonds is 9. The molecule has 128 valence electrons. The third-order valence-electron chi connectivity index (χ3n) is 4.08. The van der Waals surface area contributed by atoms with E-state index in [2.05, 4.69) is 10.3 Å². The molecule has 0 bridgehead atoms. The molecule has 0 amide bonds. The van der Waals surface area contributed by atoms with Gasteiger partial charge in [0.15, 0.2) is 5.96 Å². The number of nitrogens with one attached hydrogen (secondary N) is 1. The third kappa shape index (κ3) is 9.64. The first kappa shape index (κ1) is 18.8. The molecule has 1 aliphatic carbocycles. The molecule has 22 heavy (non-hydrogen) atoms. The van der Waals surface area contributed by atoms with Crippen LogP contribution in [0.25, 0.3) is 0 Å². The summed E-state index contributed by atoms with van der Waals surface area (Å²) in [6, 6.07) is 0.510. The van der Waals surface area contributed by atoms with E-state index in [0.29, 0.717) is 25.0 Å². The maximum atomic E-state index is 11.2. The Kier molecular flexibility index (Phi) is 10.5. The van der Waals surface area contributed by atoms with Crippen LogP contribution in [0.5, 0.6) is 0 Å². The Hall–Kier alpha value is -1.26. The predicted octanol–water partition coefficient (Wildman–Crippen LogP) is 3.13. The fraction of sp³-hybridized carbons (Fsp3) is 0.882. The van der Waals surface area contributed by atoms with Crippen molar-refractivity contribution in [3.8, 4) is 0 Å². The number of unbranched alkanes of at least 4 members (excludes halogenated alkanes) is 3. The first-order valence-electron chi connectivity index (χ1n) is 8.94. The summed E-state index contributed by atoms with van der Waals surface area (Å²) >= 11 is 0. The second-order valence-corrected chi connectivity index (χ2v) is 6.07. The molecule has 0 aromatic rings. The summed E-state index contributed by atoms with van der Waals surface area (Å²) in [5.74, 6) is 0.510. The molecule has 0 heterocycles. The van der Waals surface area contributed by atoms with Crippen LogP contribution < -0.4 is 11.1 Å². The number of guanidine groups is 1. The van der Waals surface area contributed by atoms with Gasteiger partial charge in [-0.3, -0.25) is 9.79 Å². The van der Waals surface area contributed by atoms with E-state index in [1.54, 1.807) is 0 Å². The van der Waals surface area contributed by atoms with E-state index in [9.17, 15) is 4.79 Å². The zero-order chi connectivity index (χ0) is 16.0. The monoisotopic (exact) mass is 311 g/mol. The van der Waals surface area contributed by atoms with Crippen molar-refractivity contribution in [1.82, 2.24) is 5.32 Å². The van der Waals surface area contributed by atoms with Crippen LogP contribution in [-0.2, 0) is 9.53 Å². The van der Waals surface area contributed by atoms with Crippen LogP contribution >= 0.6 is 0 Å². The molecule has 1 fully saturated rings. The molecule has 0 saturated heterocycles. The van der Waals surface area contributed by atoms with Crippen molar-refractivity contribution >= 4 is 11.9 Å². The summed E-state index contributed by atoms with van der Waals surface area (Å²) in [6.07, 6.45) is 12.3. The Morgan fingerprint density at radius 1 is 1.14 bits per heavy atom. The number of aliphatic imine (C=N–C) groups is 1. The first-order chi connectivity index (χ1) is 10.7. The number of carbonyl (C=O) groups excluding carboxylic acids is 1. The third-order valence-corrected chi connectivity index (χ3v) is 4.08. The van der Waals surface area contributed by atoms with Gasteiger partial charge in [0.25, 0.3) is 0 Å². The Morgan fingerprint density at radius 3 is 2.50 bits per heavy atom. The highest BCUT2D eigenvalue weighted by atomic mass is 16.5. The number of hydrogen-bond donors (Lipinski definition) is 2. The lowest BCUT2D eigenvalue weighted by Gasteiger charge is -2.16. The number of esters is 1. The van der Waals surface area contributed by atoms with Crippen molar-refractivity contribution < 1.29 is 9.53 Å². The molecule has 0 aromatic carbocycles. The number of carbonyl (C=O) groups is 1. The minimum atomic E-state index is -0.0858. The minimum Gasteiger partial charge on any atom is -0.466 e. The van der Waals surface area contributed by atoms with Crippen LogP contribution in [0.1, 0.15) is 77.6 Å². The molecule has 0 spiro atoms. The molecule has 0 aliphatic heterocycles. The Bertz CT molecular complexity index is 324. The van der Waals surface area contributed by atoms with E-state index in [1.807, 2.05) is 6.92 Å². The number of nitrogens with two attached hydrogens (primary N) is 1. The van der Waals surface area contributed by atoms with Gasteiger partial charge < -0.3 is 15.8 Å². The molecule has 0 aromatic heterocycles. The minimum absolute atomic E-state index is 0.0858. The van der Waals surface area contributed by atoms with E-state index in [1.165, 1.54) is 38.5 Å². The SMILES string of the molecule is CCOC(=O)CCCCCCN=C(N)NC1CCCCCC1. The molecular formula is C17H33N3O2. The van der Waals surface area contributed by atoms with Gasteiger partial charge in [0.2, 0.25) is 0 Å². The number of hydrogen-bond acceptors (Lipinski definition) is 3. The maximum absolute atomic E-state index is 11.2. The summed E-state index contributed by atoms with van der Waals surface area (Å²) < 4.78 is 4.90. The van der Waals surface area contributed by atoms with Crippen LogP contribution in [0.4, 0.5) is 0 Å². The predicted molar refractivity (Wildman–Crippen MR) is 90.8 cm³/mol. The van der Waals surface area contributed by atoms with Gasteiger partial charge in [0.05, 0.1) is 6.61 Å². The summed E-state index contributed by atoms with van der Waals surface area (Å²) in [5, 5.41) is 3.36. The van der Waals surface area contributed by atoms with Gasteiger partial charge in [0.1, 0.15) is 0 Å². The van der Waals surface area contributed by atoms with E-state index in [-0.39, 0.29) is 5.97 Å². The molecule has 0 unspecified atom stereocenters. The van der Waals surface area contributed by atoms with Gasteiger partial charge >= 0.3 is 5.97 Å². The molecule has 0 radical (unpaired) electrons. The maximum Gasteiger partial charge on any atom is 0.305 e. The summed E-state index contributed by atoms with van der Waals surface area (Å²) in [4.78, 5) is 15.6. The Morgan fingerprint density at radius 2 is 1.82 bits per heavy atom. The van der Waals surface area contributed by atoms with Crippen molar-refractivity contribution in [2.24, 2.45) is 10.7 Å². The molecule has 1 aliphatic rings.